The molecule has 22 heteroatoms. The van der Waals surface area contributed by atoms with E-state index in [0.717, 1.165) is 25.7 Å². The molecule has 2 atom stereocenters. The van der Waals surface area contributed by atoms with Crippen molar-refractivity contribution in [2.24, 2.45) is 17.6 Å². The number of anilines is 1. The van der Waals surface area contributed by atoms with Crippen LogP contribution in [0.1, 0.15) is 42.5 Å². The van der Waals surface area contributed by atoms with E-state index >= 15 is 0 Å². The first-order valence-electron chi connectivity index (χ1n) is 15.4. The molecule has 2 amide bonds. The number of piperazine rings is 1. The average molecular weight is 764 g/mol. The monoisotopic (exact) mass is 763 g/mol. The Labute approximate surface area is 288 Å². The molecule has 0 spiro atoms. The van der Waals surface area contributed by atoms with Gasteiger partial charge in [-0.15, -0.1) is 0 Å². The lowest BCUT2D eigenvalue weighted by Gasteiger charge is -2.37. The molecule has 2 saturated heterocycles. The third kappa shape index (κ3) is 13.2. The second-order valence-electron chi connectivity index (χ2n) is 12.0. The smallest absolute Gasteiger partial charge is 0.478 e. The van der Waals surface area contributed by atoms with Crippen LogP contribution >= 0.6 is 0 Å². The molecule has 0 bridgehead atoms. The number of aromatic carboxylic acids is 1. The summed E-state index contributed by atoms with van der Waals surface area (Å²) in [5.74, 6) is -6.56. The minimum Gasteiger partial charge on any atom is -0.478 e. The number of amides is 2. The Hall–Kier alpha value is -4.02. The Morgan fingerprint density at radius 2 is 1.31 bits per heavy atom. The molecular formula is C29H39F6N5O10S. The number of nitrogens with one attached hydrogen (secondary N) is 1. The van der Waals surface area contributed by atoms with Crippen LogP contribution < -0.4 is 11.1 Å². The SMILES string of the molecule is CS(=O)(=O)N1CCN([C@H]2C[C@@H](C(=O)Nc3ccc(C(=O)O)cc3)N(C(=O)[C@H]3CC[C@H](CN)CC3)C2)CC1.O=C(O)C(F)(F)F.O=C(O)C(F)(F)F. The van der Waals surface area contributed by atoms with E-state index < -0.39 is 46.3 Å². The number of hydrogen-bond acceptors (Lipinski definition) is 9. The number of carboxylic acid groups (broad SMARTS) is 3. The van der Waals surface area contributed by atoms with Crippen molar-refractivity contribution in [2.75, 3.05) is 50.8 Å². The third-order valence-electron chi connectivity index (χ3n) is 8.54. The zero-order valence-electron chi connectivity index (χ0n) is 27.2. The lowest BCUT2D eigenvalue weighted by molar-refractivity contribution is -0.193. The van der Waals surface area contributed by atoms with Crippen LogP contribution in [-0.4, -0.2) is 138 Å². The molecule has 6 N–H and O–H groups in total. The highest BCUT2D eigenvalue weighted by atomic mass is 32.2. The summed E-state index contributed by atoms with van der Waals surface area (Å²) in [7, 11) is -3.25. The molecule has 2 heterocycles. The number of carbonyl (C=O) groups excluding carboxylic acids is 2. The number of nitrogens with zero attached hydrogens (tertiary/aromatic N) is 3. The summed E-state index contributed by atoms with van der Waals surface area (Å²) in [5.41, 5.74) is 6.41. The zero-order chi connectivity index (χ0) is 38.9. The summed E-state index contributed by atoms with van der Waals surface area (Å²) >= 11 is 0. The van der Waals surface area contributed by atoms with Gasteiger partial charge < -0.3 is 31.3 Å². The van der Waals surface area contributed by atoms with Crippen LogP contribution in [-0.2, 0) is 29.2 Å². The molecule has 2 aliphatic heterocycles. The van der Waals surface area contributed by atoms with E-state index in [4.69, 9.17) is 30.6 Å². The van der Waals surface area contributed by atoms with Crippen LogP contribution in [0.5, 0.6) is 0 Å². The number of likely N-dealkylation sites (tertiary alicyclic amines) is 1. The maximum Gasteiger partial charge on any atom is 0.490 e. The molecule has 288 valence electrons. The van der Waals surface area contributed by atoms with Gasteiger partial charge in [-0.25, -0.2) is 22.8 Å². The zero-order valence-corrected chi connectivity index (χ0v) is 28.0. The van der Waals surface area contributed by atoms with Crippen LogP contribution in [0.3, 0.4) is 0 Å². The fraction of sp³-hybridized carbons (Fsp3) is 0.621. The Kier molecular flexibility index (Phi) is 15.2. The third-order valence-corrected chi connectivity index (χ3v) is 9.84. The van der Waals surface area contributed by atoms with Crippen molar-refractivity contribution in [1.29, 1.82) is 0 Å². The van der Waals surface area contributed by atoms with Crippen molar-refractivity contribution in [3.8, 4) is 0 Å². The molecule has 51 heavy (non-hydrogen) atoms. The molecule has 15 nitrogen and oxygen atoms in total. The maximum absolute atomic E-state index is 13.6. The number of hydrogen-bond donors (Lipinski definition) is 5. The van der Waals surface area contributed by atoms with Crippen molar-refractivity contribution in [1.82, 2.24) is 14.1 Å². The number of carboxylic acids is 3. The summed E-state index contributed by atoms with van der Waals surface area (Å²) in [5, 5.41) is 26.2. The lowest BCUT2D eigenvalue weighted by atomic mass is 9.81. The molecular weight excluding hydrogens is 724 g/mol. The van der Waals surface area contributed by atoms with Gasteiger partial charge in [-0.1, -0.05) is 0 Å². The van der Waals surface area contributed by atoms with Crippen LogP contribution in [0.15, 0.2) is 24.3 Å². The first-order chi connectivity index (χ1) is 23.4. The number of aliphatic carboxylic acids is 2. The maximum atomic E-state index is 13.6. The minimum absolute atomic E-state index is 0.00545. The highest BCUT2D eigenvalue weighted by Gasteiger charge is 2.45. The van der Waals surface area contributed by atoms with Crippen molar-refractivity contribution in [2.45, 2.75) is 56.5 Å². The van der Waals surface area contributed by atoms with E-state index in [-0.39, 0.29) is 29.3 Å². The van der Waals surface area contributed by atoms with E-state index in [0.29, 0.717) is 57.3 Å². The van der Waals surface area contributed by atoms with E-state index in [1.165, 1.54) is 22.7 Å². The second kappa shape index (κ2) is 18.0. The highest BCUT2D eigenvalue weighted by molar-refractivity contribution is 7.88. The topological polar surface area (TPSA) is 228 Å². The second-order valence-corrected chi connectivity index (χ2v) is 14.0. The molecule has 0 unspecified atom stereocenters. The number of sulfonamides is 1. The fourth-order valence-corrected chi connectivity index (χ4v) is 6.60. The van der Waals surface area contributed by atoms with Gasteiger partial charge in [-0.2, -0.15) is 30.6 Å². The summed E-state index contributed by atoms with van der Waals surface area (Å²) in [6.45, 7) is 2.92. The molecule has 4 rings (SSSR count). The van der Waals surface area contributed by atoms with Gasteiger partial charge in [0.15, 0.2) is 0 Å². The van der Waals surface area contributed by atoms with Crippen molar-refractivity contribution in [3.63, 3.8) is 0 Å². The number of carbonyl (C=O) groups is 5. The predicted octanol–water partition coefficient (Wildman–Crippen LogP) is 1.90. The van der Waals surface area contributed by atoms with Gasteiger partial charge >= 0.3 is 30.3 Å². The Balaban J connectivity index is 0.000000543. The number of benzene rings is 1. The lowest BCUT2D eigenvalue weighted by Crippen LogP contribution is -2.52. The standard InChI is InChI=1S/C25H37N5O6S.2C2HF3O2/c1-37(35,36)29-12-10-28(11-13-29)21-14-22(23(31)27-20-8-6-19(7-9-20)25(33)34)30(16-21)24(32)18-4-2-17(15-26)3-5-18;2*3-2(4,5)1(6)7/h6-9,17-18,21-22H,2-5,10-16,26H2,1H3,(H,27,31)(H,33,34);2*(H,6,7)/t17-,18-,21-,22-;;/m0../s1. The van der Waals surface area contributed by atoms with Crippen LogP contribution in [0.25, 0.3) is 0 Å². The van der Waals surface area contributed by atoms with Gasteiger partial charge in [0.1, 0.15) is 6.04 Å². The molecule has 1 aromatic rings. The van der Waals surface area contributed by atoms with E-state index in [1.54, 1.807) is 17.0 Å². The summed E-state index contributed by atoms with van der Waals surface area (Å²) in [4.78, 5) is 59.9. The summed E-state index contributed by atoms with van der Waals surface area (Å²) < 4.78 is 88.8. The number of rotatable bonds is 7. The van der Waals surface area contributed by atoms with Crippen molar-refractivity contribution < 1.29 is 74.1 Å². The average Bonchev–Trinajstić information content (AvgIpc) is 3.50. The summed E-state index contributed by atoms with van der Waals surface area (Å²) in [6.07, 6.45) is -5.15. The van der Waals surface area contributed by atoms with Gasteiger partial charge in [-0.3, -0.25) is 14.5 Å². The Morgan fingerprint density at radius 3 is 1.71 bits per heavy atom. The van der Waals surface area contributed by atoms with E-state index in [9.17, 15) is 49.1 Å². The largest absolute Gasteiger partial charge is 0.490 e. The summed E-state index contributed by atoms with van der Waals surface area (Å²) in [6, 6.07) is 5.23. The van der Waals surface area contributed by atoms with Crippen LogP contribution in [0.4, 0.5) is 32.0 Å². The van der Waals surface area contributed by atoms with E-state index in [1.807, 2.05) is 0 Å². The van der Waals surface area contributed by atoms with Gasteiger partial charge in [0.05, 0.1) is 11.8 Å². The number of alkyl halides is 6. The first kappa shape index (κ1) is 43.1. The Bertz CT molecular complexity index is 1470. The van der Waals surface area contributed by atoms with Gasteiger partial charge in [0, 0.05) is 50.4 Å². The van der Waals surface area contributed by atoms with Crippen LogP contribution in [0.2, 0.25) is 0 Å². The minimum atomic E-state index is -5.08. The molecule has 0 radical (unpaired) electrons. The first-order valence-corrected chi connectivity index (χ1v) is 17.2. The quantitative estimate of drug-likeness (QED) is 0.251. The predicted molar refractivity (Wildman–Crippen MR) is 166 cm³/mol. The van der Waals surface area contributed by atoms with Gasteiger partial charge in [0.25, 0.3) is 0 Å². The fourth-order valence-electron chi connectivity index (χ4n) is 5.77. The molecule has 1 aliphatic carbocycles. The van der Waals surface area contributed by atoms with Crippen molar-refractivity contribution >= 4 is 45.4 Å². The van der Waals surface area contributed by atoms with Gasteiger partial charge in [0.2, 0.25) is 21.8 Å². The van der Waals surface area contributed by atoms with E-state index in [2.05, 4.69) is 10.2 Å². The number of nitrogens with two attached hydrogens (primary N) is 1. The normalized spacial score (nSPS) is 23.2. The molecule has 3 aliphatic rings. The van der Waals surface area contributed by atoms with Gasteiger partial charge in [-0.05, 0) is 68.8 Å². The number of halogens is 6. The van der Waals surface area contributed by atoms with Crippen LogP contribution in [0, 0.1) is 11.8 Å². The highest BCUT2D eigenvalue weighted by Crippen LogP contribution is 2.33. The Morgan fingerprint density at radius 1 is 0.843 bits per heavy atom. The molecule has 1 saturated carbocycles. The van der Waals surface area contributed by atoms with Crippen molar-refractivity contribution in [3.05, 3.63) is 29.8 Å². The molecule has 1 aromatic carbocycles. The molecule has 3 fully saturated rings. The molecule has 0 aromatic heterocycles.